The maximum atomic E-state index is 13.2. The van der Waals surface area contributed by atoms with E-state index in [1.54, 1.807) is 30.3 Å². The lowest BCUT2D eigenvalue weighted by Crippen LogP contribution is -2.30. The molecule has 1 saturated heterocycles. The highest BCUT2D eigenvalue weighted by atomic mass is 35.5. The average Bonchev–Trinajstić information content (AvgIpc) is 3.17. The maximum absolute atomic E-state index is 13.2. The van der Waals surface area contributed by atoms with Crippen molar-refractivity contribution < 1.29 is 28.9 Å². The summed E-state index contributed by atoms with van der Waals surface area (Å²) in [4.78, 5) is 27.7. The number of nitrogens with zero attached hydrogens (tertiary/aromatic N) is 1. The van der Waals surface area contributed by atoms with Gasteiger partial charge in [0, 0.05) is 11.6 Å². The first kappa shape index (κ1) is 26.1. The number of hydrogen-bond donors (Lipinski definition) is 1. The molecule has 0 spiro atoms. The molecule has 0 saturated carbocycles. The molecule has 0 aliphatic carbocycles. The summed E-state index contributed by atoms with van der Waals surface area (Å²) in [5.41, 5.74) is 1.78. The van der Waals surface area contributed by atoms with Crippen LogP contribution in [0.15, 0.2) is 72.3 Å². The monoisotopic (exact) mass is 521 g/mol. The third-order valence-electron chi connectivity index (χ3n) is 6.16. The fraction of sp³-hybridized carbons (Fsp3) is 0.241. The number of halogens is 1. The normalized spacial score (nSPS) is 16.6. The van der Waals surface area contributed by atoms with E-state index in [1.165, 1.54) is 25.2 Å². The third-order valence-corrected chi connectivity index (χ3v) is 6.40. The first-order chi connectivity index (χ1) is 17.9. The Morgan fingerprint density at radius 3 is 2.32 bits per heavy atom. The molecule has 0 aromatic heterocycles. The van der Waals surface area contributed by atoms with Gasteiger partial charge in [0.1, 0.15) is 18.1 Å². The summed E-state index contributed by atoms with van der Waals surface area (Å²) in [6.07, 6.45) is 0.624. The van der Waals surface area contributed by atoms with Gasteiger partial charge in [-0.3, -0.25) is 9.59 Å². The van der Waals surface area contributed by atoms with Crippen LogP contribution in [-0.4, -0.2) is 42.5 Å². The summed E-state index contributed by atoms with van der Waals surface area (Å²) in [6.45, 7) is 2.59. The van der Waals surface area contributed by atoms with Crippen LogP contribution in [0.3, 0.4) is 0 Å². The molecule has 1 amide bonds. The van der Waals surface area contributed by atoms with E-state index in [1.807, 2.05) is 37.3 Å². The highest BCUT2D eigenvalue weighted by Gasteiger charge is 2.46. The van der Waals surface area contributed by atoms with Crippen molar-refractivity contribution in [3.8, 4) is 17.2 Å². The molecule has 37 heavy (non-hydrogen) atoms. The van der Waals surface area contributed by atoms with Crippen LogP contribution in [0.1, 0.15) is 36.1 Å². The number of benzene rings is 3. The van der Waals surface area contributed by atoms with Crippen molar-refractivity contribution in [3.63, 3.8) is 0 Å². The molecular weight excluding hydrogens is 494 g/mol. The van der Waals surface area contributed by atoms with Gasteiger partial charge in [0.05, 0.1) is 31.4 Å². The minimum absolute atomic E-state index is 0.0426. The summed E-state index contributed by atoms with van der Waals surface area (Å²) in [6, 6.07) is 18.8. The standard InChI is InChI=1S/C29H28ClNO6/c1-4-14-31-26(19-10-12-23(24(15-19)36-3)37-17-18-8-6-5-7-9-18)25(28(33)29(31)34)27(32)21-16-20(30)11-13-22(21)35-2/h5-13,15-16,26,32H,4,14,17H2,1-3H3/b27-25+. The predicted molar refractivity (Wildman–Crippen MR) is 141 cm³/mol. The zero-order valence-corrected chi connectivity index (χ0v) is 21.6. The smallest absolute Gasteiger partial charge is 0.295 e. The number of carbonyl (C=O) groups excluding carboxylic acids is 2. The predicted octanol–water partition coefficient (Wildman–Crippen LogP) is 5.77. The highest BCUT2D eigenvalue weighted by molar-refractivity contribution is 6.46. The topological polar surface area (TPSA) is 85.3 Å². The lowest BCUT2D eigenvalue weighted by Gasteiger charge is -2.25. The summed E-state index contributed by atoms with van der Waals surface area (Å²) >= 11 is 6.17. The molecule has 1 heterocycles. The number of Topliss-reactive ketones (excluding diaryl/α,β-unsaturated/α-hetero) is 1. The van der Waals surface area contributed by atoms with E-state index in [0.29, 0.717) is 47.4 Å². The number of methoxy groups -OCH3 is 2. The lowest BCUT2D eigenvalue weighted by atomic mass is 9.94. The Balaban J connectivity index is 1.79. The maximum Gasteiger partial charge on any atom is 0.295 e. The molecule has 1 fully saturated rings. The summed E-state index contributed by atoms with van der Waals surface area (Å²) in [7, 11) is 2.97. The van der Waals surface area contributed by atoms with Gasteiger partial charge in [0.15, 0.2) is 11.5 Å². The van der Waals surface area contributed by atoms with Gasteiger partial charge >= 0.3 is 0 Å². The molecule has 0 radical (unpaired) electrons. The zero-order valence-electron chi connectivity index (χ0n) is 20.9. The average molecular weight is 522 g/mol. The Morgan fingerprint density at radius 2 is 1.65 bits per heavy atom. The van der Waals surface area contributed by atoms with E-state index in [0.717, 1.165) is 5.56 Å². The second-order valence-electron chi connectivity index (χ2n) is 8.52. The van der Waals surface area contributed by atoms with Crippen LogP contribution in [0.2, 0.25) is 5.02 Å². The molecule has 0 bridgehead atoms. The summed E-state index contributed by atoms with van der Waals surface area (Å²) in [5, 5.41) is 11.7. The molecule has 8 heteroatoms. The molecule has 1 atom stereocenters. The van der Waals surface area contributed by atoms with Crippen molar-refractivity contribution in [3.05, 3.63) is 94.0 Å². The van der Waals surface area contributed by atoms with Crippen molar-refractivity contribution >= 4 is 29.1 Å². The van der Waals surface area contributed by atoms with Gasteiger partial charge in [-0.2, -0.15) is 0 Å². The molecule has 3 aromatic rings. The number of ether oxygens (including phenoxy) is 3. The third kappa shape index (κ3) is 5.27. The van der Waals surface area contributed by atoms with Crippen molar-refractivity contribution in [2.75, 3.05) is 20.8 Å². The zero-order chi connectivity index (χ0) is 26.5. The van der Waals surface area contributed by atoms with Crippen LogP contribution in [0.25, 0.3) is 5.76 Å². The van der Waals surface area contributed by atoms with Crippen molar-refractivity contribution in [2.45, 2.75) is 26.0 Å². The Morgan fingerprint density at radius 1 is 0.946 bits per heavy atom. The number of carbonyl (C=O) groups is 2. The molecule has 4 rings (SSSR count). The van der Waals surface area contributed by atoms with Crippen LogP contribution < -0.4 is 14.2 Å². The van der Waals surface area contributed by atoms with E-state index in [4.69, 9.17) is 25.8 Å². The van der Waals surface area contributed by atoms with Gasteiger partial charge in [-0.25, -0.2) is 0 Å². The molecule has 1 aliphatic rings. The first-order valence-corrected chi connectivity index (χ1v) is 12.2. The van der Waals surface area contributed by atoms with E-state index in [2.05, 4.69) is 0 Å². The van der Waals surface area contributed by atoms with Crippen LogP contribution >= 0.6 is 11.6 Å². The number of hydrogen-bond acceptors (Lipinski definition) is 6. The van der Waals surface area contributed by atoms with Crippen molar-refractivity contribution in [1.82, 2.24) is 4.90 Å². The lowest BCUT2D eigenvalue weighted by molar-refractivity contribution is -0.139. The van der Waals surface area contributed by atoms with Crippen molar-refractivity contribution in [1.29, 1.82) is 0 Å². The van der Waals surface area contributed by atoms with Gasteiger partial charge < -0.3 is 24.2 Å². The molecule has 192 valence electrons. The van der Waals surface area contributed by atoms with Crippen LogP contribution in [0, 0.1) is 0 Å². The van der Waals surface area contributed by atoms with E-state index >= 15 is 0 Å². The summed E-state index contributed by atoms with van der Waals surface area (Å²) < 4.78 is 16.9. The molecule has 1 unspecified atom stereocenters. The van der Waals surface area contributed by atoms with Crippen LogP contribution in [0.5, 0.6) is 17.2 Å². The number of ketones is 1. The second-order valence-corrected chi connectivity index (χ2v) is 8.96. The van der Waals surface area contributed by atoms with Gasteiger partial charge in [0.25, 0.3) is 11.7 Å². The molecule has 1 aliphatic heterocycles. The summed E-state index contributed by atoms with van der Waals surface area (Å²) in [5.74, 6) is -0.539. The fourth-order valence-electron chi connectivity index (χ4n) is 4.42. The number of rotatable bonds is 9. The van der Waals surface area contributed by atoms with Gasteiger partial charge in [-0.1, -0.05) is 54.9 Å². The fourth-order valence-corrected chi connectivity index (χ4v) is 4.59. The number of aliphatic hydroxyl groups excluding tert-OH is 1. The van der Waals surface area contributed by atoms with Gasteiger partial charge in [0.2, 0.25) is 0 Å². The molecule has 3 aromatic carbocycles. The molecule has 7 nitrogen and oxygen atoms in total. The van der Waals surface area contributed by atoms with Crippen molar-refractivity contribution in [2.24, 2.45) is 0 Å². The second kappa shape index (κ2) is 11.4. The molecule has 1 N–H and O–H groups in total. The van der Waals surface area contributed by atoms with Crippen LogP contribution in [-0.2, 0) is 16.2 Å². The van der Waals surface area contributed by atoms with E-state index in [9.17, 15) is 14.7 Å². The Kier molecular flexibility index (Phi) is 8.04. The van der Waals surface area contributed by atoms with Crippen LogP contribution in [0.4, 0.5) is 0 Å². The Hall–Kier alpha value is -3.97. The Bertz CT molecular complexity index is 1340. The van der Waals surface area contributed by atoms with E-state index in [-0.39, 0.29) is 16.9 Å². The quantitative estimate of drug-likeness (QED) is 0.219. The minimum atomic E-state index is -0.833. The highest BCUT2D eigenvalue weighted by Crippen LogP contribution is 2.43. The number of aliphatic hydroxyl groups is 1. The molecular formula is C29H28ClNO6. The largest absolute Gasteiger partial charge is 0.507 e. The number of amides is 1. The Labute approximate surface area is 220 Å². The van der Waals surface area contributed by atoms with Gasteiger partial charge in [-0.15, -0.1) is 0 Å². The van der Waals surface area contributed by atoms with Gasteiger partial charge in [-0.05, 0) is 47.9 Å². The van der Waals surface area contributed by atoms with E-state index < -0.39 is 17.7 Å². The SMILES string of the molecule is CCCN1C(=O)C(=O)/C(=C(/O)c2cc(Cl)ccc2OC)C1c1ccc(OCc2ccccc2)c(OC)c1. The number of likely N-dealkylation sites (tertiary alicyclic amines) is 1. The first-order valence-electron chi connectivity index (χ1n) is 11.9. The minimum Gasteiger partial charge on any atom is -0.507 e.